The molecule has 0 aliphatic heterocycles. The zero-order valence-electron chi connectivity index (χ0n) is 29.5. The Morgan fingerprint density at radius 1 is 0.480 bits per heavy atom. The van der Waals surface area contributed by atoms with Gasteiger partial charge in [0.05, 0.1) is 0 Å². The zero-order chi connectivity index (χ0) is 34.5. The third-order valence-electron chi connectivity index (χ3n) is 9.78. The maximum absolute atomic E-state index is 2.32. The van der Waals surface area contributed by atoms with E-state index in [1.54, 1.807) is 5.57 Å². The second kappa shape index (κ2) is 14.8. The average molecular weight is 645 g/mol. The van der Waals surface area contributed by atoms with Gasteiger partial charge in [-0.15, -0.1) is 0 Å². The van der Waals surface area contributed by atoms with E-state index in [9.17, 15) is 0 Å². The Morgan fingerprint density at radius 3 is 1.90 bits per heavy atom. The van der Waals surface area contributed by atoms with E-state index in [-0.39, 0.29) is 0 Å². The number of rotatable bonds is 0. The van der Waals surface area contributed by atoms with Gasteiger partial charge in [-0.2, -0.15) is 0 Å². The summed E-state index contributed by atoms with van der Waals surface area (Å²) in [7, 11) is 0. The van der Waals surface area contributed by atoms with Crippen molar-refractivity contribution in [2.75, 3.05) is 0 Å². The average Bonchev–Trinajstić information content (AvgIpc) is 3.14. The van der Waals surface area contributed by atoms with E-state index in [1.165, 1.54) is 76.9 Å². The molecule has 1 unspecified atom stereocenters. The van der Waals surface area contributed by atoms with Crippen LogP contribution in [0, 0.1) is 26.7 Å². The van der Waals surface area contributed by atoms with Crippen molar-refractivity contribution < 1.29 is 0 Å². The molecule has 244 valence electrons. The van der Waals surface area contributed by atoms with E-state index in [1.807, 2.05) is 18.2 Å². The molecule has 0 N–H and O–H groups in total. The number of fused-ring (bicyclic) bond motifs is 3. The first kappa shape index (κ1) is 32.8. The van der Waals surface area contributed by atoms with Gasteiger partial charge in [0, 0.05) is 5.92 Å². The fraction of sp³-hybridized carbons (Fsp3) is 0.120. The summed E-state index contributed by atoms with van der Waals surface area (Å²) in [6.45, 7) is 8.55. The molecule has 0 aromatic heterocycles. The van der Waals surface area contributed by atoms with Crippen LogP contribution in [0.2, 0.25) is 0 Å². The molecular formula is C50H44. The van der Waals surface area contributed by atoms with Crippen LogP contribution in [0.5, 0.6) is 0 Å². The van der Waals surface area contributed by atoms with E-state index >= 15 is 0 Å². The summed E-state index contributed by atoms with van der Waals surface area (Å²) in [6, 6.07) is 44.7. The molecule has 0 bridgehead atoms. The van der Waals surface area contributed by atoms with Crippen LogP contribution in [0.15, 0.2) is 209 Å². The van der Waals surface area contributed by atoms with Crippen molar-refractivity contribution >= 4 is 32.3 Å². The Bertz CT molecular complexity index is 2420. The van der Waals surface area contributed by atoms with Crippen molar-refractivity contribution in [3.63, 3.8) is 0 Å². The number of aryl methyl sites for hydroxylation is 3. The molecule has 0 saturated heterocycles. The molecule has 6 aromatic carbocycles. The summed E-state index contributed by atoms with van der Waals surface area (Å²) in [5.74, 6) is 0.503. The predicted octanol–water partition coefficient (Wildman–Crippen LogP) is 13.6. The Morgan fingerprint density at radius 2 is 1.16 bits per heavy atom. The van der Waals surface area contributed by atoms with E-state index in [0.29, 0.717) is 5.92 Å². The van der Waals surface area contributed by atoms with Gasteiger partial charge in [0.15, 0.2) is 0 Å². The van der Waals surface area contributed by atoms with Crippen LogP contribution in [0.1, 0.15) is 30.0 Å². The van der Waals surface area contributed by atoms with Gasteiger partial charge in [0.2, 0.25) is 0 Å². The molecule has 6 aromatic rings. The topological polar surface area (TPSA) is 0 Å². The van der Waals surface area contributed by atoms with Crippen molar-refractivity contribution in [3.05, 3.63) is 226 Å². The molecule has 0 fully saturated rings. The fourth-order valence-corrected chi connectivity index (χ4v) is 7.25. The van der Waals surface area contributed by atoms with Crippen LogP contribution < -0.4 is 0 Å². The normalized spacial score (nSPS) is 16.4. The lowest BCUT2D eigenvalue weighted by Gasteiger charge is -2.35. The van der Waals surface area contributed by atoms with E-state index < -0.39 is 0 Å². The molecule has 0 nitrogen and oxygen atoms in total. The zero-order valence-corrected chi connectivity index (χ0v) is 29.5. The Balaban J connectivity index is 0.000000109. The van der Waals surface area contributed by atoms with Gasteiger partial charge < -0.3 is 0 Å². The van der Waals surface area contributed by atoms with Gasteiger partial charge >= 0.3 is 0 Å². The van der Waals surface area contributed by atoms with Crippen LogP contribution in [-0.4, -0.2) is 0 Å². The first-order valence-electron chi connectivity index (χ1n) is 17.7. The Labute approximate surface area is 297 Å². The van der Waals surface area contributed by atoms with Crippen molar-refractivity contribution in [2.24, 2.45) is 5.92 Å². The van der Waals surface area contributed by atoms with Crippen molar-refractivity contribution in [3.8, 4) is 0 Å². The van der Waals surface area contributed by atoms with Crippen LogP contribution >= 0.6 is 0 Å². The second-order valence-corrected chi connectivity index (χ2v) is 13.6. The number of hydrogen-bond acceptors (Lipinski definition) is 0. The molecule has 10 rings (SSSR count). The maximum atomic E-state index is 2.32. The van der Waals surface area contributed by atoms with Crippen LogP contribution in [-0.2, 0) is 0 Å². The number of allylic oxidation sites excluding steroid dienone is 14. The lowest BCUT2D eigenvalue weighted by Crippen LogP contribution is -2.21. The molecule has 0 radical (unpaired) electrons. The number of benzene rings is 6. The molecule has 0 spiro atoms. The minimum atomic E-state index is 0.503. The van der Waals surface area contributed by atoms with Gasteiger partial charge in [0.1, 0.15) is 0 Å². The Kier molecular flexibility index (Phi) is 9.72. The highest BCUT2D eigenvalue weighted by Gasteiger charge is 2.32. The second-order valence-electron chi connectivity index (χ2n) is 13.6. The van der Waals surface area contributed by atoms with Crippen molar-refractivity contribution in [1.82, 2.24) is 0 Å². The van der Waals surface area contributed by atoms with Crippen LogP contribution in [0.25, 0.3) is 32.3 Å². The highest BCUT2D eigenvalue weighted by Crippen LogP contribution is 2.47. The molecule has 0 heteroatoms. The molecule has 0 amide bonds. The molecule has 0 saturated carbocycles. The summed E-state index contributed by atoms with van der Waals surface area (Å²) in [5, 5.41) is 7.96. The largest absolute Gasteiger partial charge is 0.0795 e. The third-order valence-corrected chi connectivity index (χ3v) is 9.78. The third kappa shape index (κ3) is 7.31. The summed E-state index contributed by atoms with van der Waals surface area (Å²) < 4.78 is 0. The van der Waals surface area contributed by atoms with Gasteiger partial charge in [-0.25, -0.2) is 0 Å². The maximum Gasteiger partial charge on any atom is 0.0348 e. The van der Waals surface area contributed by atoms with Gasteiger partial charge in [-0.1, -0.05) is 181 Å². The van der Waals surface area contributed by atoms with Crippen LogP contribution in [0.4, 0.5) is 0 Å². The highest BCUT2D eigenvalue weighted by molar-refractivity contribution is 5.99. The molecule has 1 atom stereocenters. The minimum absolute atomic E-state index is 0.503. The van der Waals surface area contributed by atoms with Crippen molar-refractivity contribution in [1.29, 1.82) is 0 Å². The number of hydrogen-bond donors (Lipinski definition) is 0. The SMILES string of the molecule is CC1=CC2=CC=C3CC=CC4=C3C2C(=C1)C=C4.Cc1ccc2ccccc2c1.Cc1cccc2cc3ccccc3cc12.Cc1ccccc1. The van der Waals surface area contributed by atoms with Gasteiger partial charge in [-0.05, 0) is 112 Å². The highest BCUT2D eigenvalue weighted by atomic mass is 14.4. The van der Waals surface area contributed by atoms with Crippen LogP contribution in [0.3, 0.4) is 0 Å². The smallest absolute Gasteiger partial charge is 0.0348 e. The first-order chi connectivity index (χ1) is 24.4. The lowest BCUT2D eigenvalue weighted by molar-refractivity contribution is 0.826. The summed E-state index contributed by atoms with van der Waals surface area (Å²) in [6.07, 6.45) is 19.4. The predicted molar refractivity (Wildman–Crippen MR) is 217 cm³/mol. The summed E-state index contributed by atoms with van der Waals surface area (Å²) >= 11 is 0. The van der Waals surface area contributed by atoms with Gasteiger partial charge in [-0.3, -0.25) is 0 Å². The van der Waals surface area contributed by atoms with E-state index in [4.69, 9.17) is 0 Å². The Hall–Kier alpha value is -5.72. The van der Waals surface area contributed by atoms with Crippen molar-refractivity contribution in [2.45, 2.75) is 34.1 Å². The van der Waals surface area contributed by atoms with E-state index in [0.717, 1.165) is 6.42 Å². The monoisotopic (exact) mass is 644 g/mol. The molecule has 50 heavy (non-hydrogen) atoms. The molecule has 4 aliphatic carbocycles. The minimum Gasteiger partial charge on any atom is -0.0795 e. The quantitative estimate of drug-likeness (QED) is 0.144. The fourth-order valence-electron chi connectivity index (χ4n) is 7.25. The lowest BCUT2D eigenvalue weighted by atomic mass is 9.68. The first-order valence-corrected chi connectivity index (χ1v) is 17.7. The molecule has 0 heterocycles. The van der Waals surface area contributed by atoms with E-state index in [2.05, 4.69) is 185 Å². The summed E-state index contributed by atoms with van der Waals surface area (Å²) in [5.41, 5.74) is 12.7. The van der Waals surface area contributed by atoms with Gasteiger partial charge in [0.25, 0.3) is 0 Å². The molecule has 4 aliphatic rings. The summed E-state index contributed by atoms with van der Waals surface area (Å²) in [4.78, 5) is 0. The molecular weight excluding hydrogens is 601 g/mol. The standard InChI is InChI=1S/C17H14.C15H12.C11H10.C7H8/c1-11-9-14-7-5-12-3-2-4-13-6-8-15(10-11)17(14)16(12)13;1-11-5-4-8-14-9-12-6-2-3-7-13(12)10-15(11)14;1-9-6-7-10-4-2-3-5-11(10)8-9;1-7-5-3-2-4-6-7/h2-3,5-10,17H,4H2,1H3;2-10H,1H3;2-8H,1H3;2-6H,1H3.